The second kappa shape index (κ2) is 7.21. The van der Waals surface area contributed by atoms with Crippen LogP contribution in [0.1, 0.15) is 18.1 Å². The van der Waals surface area contributed by atoms with Gasteiger partial charge in [-0.05, 0) is 18.1 Å². The van der Waals surface area contributed by atoms with E-state index in [4.69, 9.17) is 4.74 Å². The highest BCUT2D eigenvalue weighted by Gasteiger charge is 2.31. The van der Waals surface area contributed by atoms with Crippen molar-refractivity contribution < 1.29 is 9.84 Å². The van der Waals surface area contributed by atoms with E-state index in [0.29, 0.717) is 6.61 Å². The van der Waals surface area contributed by atoms with Gasteiger partial charge < -0.3 is 9.84 Å². The second-order valence-electron chi connectivity index (χ2n) is 5.37. The first kappa shape index (κ1) is 15.5. The third-order valence-electron chi connectivity index (χ3n) is 3.90. The molecule has 1 N–H and O–H groups in total. The van der Waals surface area contributed by atoms with Gasteiger partial charge >= 0.3 is 0 Å². The number of benzene rings is 2. The van der Waals surface area contributed by atoms with E-state index in [-0.39, 0.29) is 6.61 Å². The highest BCUT2D eigenvalue weighted by atomic mass is 16.5. The van der Waals surface area contributed by atoms with Crippen LogP contribution in [-0.4, -0.2) is 17.8 Å². The van der Waals surface area contributed by atoms with Gasteiger partial charge in [0.2, 0.25) is 0 Å². The predicted octanol–water partition coefficient (Wildman–Crippen LogP) is 3.71. The molecule has 0 aliphatic rings. The molecule has 0 aliphatic heterocycles. The summed E-state index contributed by atoms with van der Waals surface area (Å²) in [6, 6.07) is 19.9. The van der Waals surface area contributed by atoms with Crippen molar-refractivity contribution in [1.29, 1.82) is 0 Å². The Balaban J connectivity index is 1.97. The van der Waals surface area contributed by atoms with Crippen LogP contribution in [0, 0.1) is 0 Å². The molecule has 2 heteroatoms. The highest BCUT2D eigenvalue weighted by molar-refractivity contribution is 5.31. The van der Waals surface area contributed by atoms with Crippen molar-refractivity contribution in [2.24, 2.45) is 0 Å². The van der Waals surface area contributed by atoms with Crippen molar-refractivity contribution in [2.75, 3.05) is 6.61 Å². The fourth-order valence-corrected chi connectivity index (χ4v) is 2.28. The maximum Gasteiger partial charge on any atom is 0.0901 e. The van der Waals surface area contributed by atoms with E-state index in [1.807, 2.05) is 67.6 Å². The monoisotopic (exact) mass is 282 g/mol. The summed E-state index contributed by atoms with van der Waals surface area (Å²) in [5, 5.41) is 10.5. The molecule has 0 heterocycles. The van der Waals surface area contributed by atoms with E-state index in [2.05, 4.69) is 6.58 Å². The number of aliphatic hydroxyl groups is 1. The summed E-state index contributed by atoms with van der Waals surface area (Å²) in [4.78, 5) is 0. The second-order valence-corrected chi connectivity index (χ2v) is 5.37. The number of aliphatic hydroxyl groups excluding tert-OH is 1. The largest absolute Gasteiger partial charge is 0.389 e. The molecular formula is C19H22O2. The van der Waals surface area contributed by atoms with E-state index in [0.717, 1.165) is 11.1 Å². The Labute approximate surface area is 126 Å². The van der Waals surface area contributed by atoms with Crippen LogP contribution >= 0.6 is 0 Å². The fraction of sp³-hybridized carbons (Fsp3) is 0.263. The predicted molar refractivity (Wildman–Crippen MR) is 86.1 cm³/mol. The molecule has 21 heavy (non-hydrogen) atoms. The van der Waals surface area contributed by atoms with Crippen molar-refractivity contribution >= 4 is 0 Å². The first-order valence-corrected chi connectivity index (χ1v) is 7.15. The lowest BCUT2D eigenvalue weighted by atomic mass is 9.78. The SMILES string of the molecule is C=CC(C)(c1ccccc1)C(O)COCc1ccccc1. The summed E-state index contributed by atoms with van der Waals surface area (Å²) in [7, 11) is 0. The smallest absolute Gasteiger partial charge is 0.0901 e. The van der Waals surface area contributed by atoms with Crippen LogP contribution < -0.4 is 0 Å². The number of hydrogen-bond donors (Lipinski definition) is 1. The van der Waals surface area contributed by atoms with Crippen LogP contribution in [-0.2, 0) is 16.8 Å². The zero-order valence-electron chi connectivity index (χ0n) is 12.4. The van der Waals surface area contributed by atoms with E-state index >= 15 is 0 Å². The van der Waals surface area contributed by atoms with E-state index < -0.39 is 11.5 Å². The molecule has 0 amide bonds. The average molecular weight is 282 g/mol. The summed E-state index contributed by atoms with van der Waals surface area (Å²) >= 11 is 0. The lowest BCUT2D eigenvalue weighted by Gasteiger charge is -2.32. The normalized spacial score (nSPS) is 15.1. The molecule has 0 aliphatic carbocycles. The third-order valence-corrected chi connectivity index (χ3v) is 3.90. The van der Waals surface area contributed by atoms with Gasteiger partial charge in [-0.25, -0.2) is 0 Å². The molecule has 0 saturated carbocycles. The van der Waals surface area contributed by atoms with Gasteiger partial charge in [-0.2, -0.15) is 0 Å². The van der Waals surface area contributed by atoms with Gasteiger partial charge in [0.25, 0.3) is 0 Å². The number of rotatable bonds is 7. The van der Waals surface area contributed by atoms with Crippen LogP contribution in [0.2, 0.25) is 0 Å². The summed E-state index contributed by atoms with van der Waals surface area (Å²) in [5.74, 6) is 0. The topological polar surface area (TPSA) is 29.5 Å². The Morgan fingerprint density at radius 3 is 2.24 bits per heavy atom. The standard InChI is InChI=1S/C19H22O2/c1-3-19(2,17-12-8-5-9-13-17)18(20)15-21-14-16-10-6-4-7-11-16/h3-13,18,20H,1,14-15H2,2H3. The molecular weight excluding hydrogens is 260 g/mol. The molecule has 2 rings (SSSR count). The molecule has 2 atom stereocenters. The summed E-state index contributed by atoms with van der Waals surface area (Å²) in [6.45, 7) is 6.63. The van der Waals surface area contributed by atoms with Crippen LogP contribution in [0.4, 0.5) is 0 Å². The molecule has 2 unspecified atom stereocenters. The van der Waals surface area contributed by atoms with Gasteiger partial charge in [-0.15, -0.1) is 6.58 Å². The van der Waals surface area contributed by atoms with Gasteiger partial charge in [0.15, 0.2) is 0 Å². The zero-order valence-corrected chi connectivity index (χ0v) is 12.4. The van der Waals surface area contributed by atoms with Crippen molar-refractivity contribution in [1.82, 2.24) is 0 Å². The minimum Gasteiger partial charge on any atom is -0.389 e. The Kier molecular flexibility index (Phi) is 5.32. The van der Waals surface area contributed by atoms with Crippen molar-refractivity contribution in [3.63, 3.8) is 0 Å². The first-order valence-electron chi connectivity index (χ1n) is 7.15. The average Bonchev–Trinajstić information content (AvgIpc) is 2.55. The lowest BCUT2D eigenvalue weighted by Crippen LogP contribution is -2.38. The number of ether oxygens (including phenoxy) is 1. The van der Waals surface area contributed by atoms with Crippen molar-refractivity contribution in [2.45, 2.75) is 25.0 Å². The van der Waals surface area contributed by atoms with Crippen LogP contribution in [0.15, 0.2) is 73.3 Å². The van der Waals surface area contributed by atoms with E-state index in [1.54, 1.807) is 6.08 Å². The molecule has 2 aromatic carbocycles. The Hall–Kier alpha value is -1.90. The van der Waals surface area contributed by atoms with Crippen molar-refractivity contribution in [3.8, 4) is 0 Å². The maximum atomic E-state index is 10.5. The van der Waals surface area contributed by atoms with Gasteiger partial charge in [-0.1, -0.05) is 66.7 Å². The Bertz CT molecular complexity index is 550. The Morgan fingerprint density at radius 1 is 1.10 bits per heavy atom. The van der Waals surface area contributed by atoms with Crippen LogP contribution in [0.25, 0.3) is 0 Å². The van der Waals surface area contributed by atoms with Crippen LogP contribution in [0.3, 0.4) is 0 Å². The quantitative estimate of drug-likeness (QED) is 0.784. The van der Waals surface area contributed by atoms with Gasteiger partial charge in [-0.3, -0.25) is 0 Å². The molecule has 0 aromatic heterocycles. The molecule has 0 radical (unpaired) electrons. The van der Waals surface area contributed by atoms with Crippen molar-refractivity contribution in [3.05, 3.63) is 84.4 Å². The highest BCUT2D eigenvalue weighted by Crippen LogP contribution is 2.29. The van der Waals surface area contributed by atoms with Gasteiger partial charge in [0.1, 0.15) is 0 Å². The van der Waals surface area contributed by atoms with Crippen LogP contribution in [0.5, 0.6) is 0 Å². The zero-order chi connectivity index (χ0) is 15.1. The summed E-state index contributed by atoms with van der Waals surface area (Å²) in [5.41, 5.74) is 1.62. The Morgan fingerprint density at radius 2 is 1.67 bits per heavy atom. The minimum atomic E-state index is -0.638. The molecule has 0 bridgehead atoms. The first-order chi connectivity index (χ1) is 10.2. The molecule has 0 fully saturated rings. The third kappa shape index (κ3) is 3.81. The van der Waals surface area contributed by atoms with E-state index in [9.17, 15) is 5.11 Å². The number of hydrogen-bond acceptors (Lipinski definition) is 2. The maximum absolute atomic E-state index is 10.5. The summed E-state index contributed by atoms with van der Waals surface area (Å²) < 4.78 is 5.65. The fourth-order valence-electron chi connectivity index (χ4n) is 2.28. The van der Waals surface area contributed by atoms with Gasteiger partial charge in [0.05, 0.1) is 19.3 Å². The van der Waals surface area contributed by atoms with Gasteiger partial charge in [0, 0.05) is 5.41 Å². The molecule has 0 saturated heterocycles. The molecule has 2 nitrogen and oxygen atoms in total. The lowest BCUT2D eigenvalue weighted by molar-refractivity contribution is 0.00119. The molecule has 2 aromatic rings. The minimum absolute atomic E-state index is 0.270. The van der Waals surface area contributed by atoms with E-state index in [1.165, 1.54) is 0 Å². The summed E-state index contributed by atoms with van der Waals surface area (Å²) in [6.07, 6.45) is 1.15. The molecule has 0 spiro atoms. The molecule has 110 valence electrons.